The monoisotopic (exact) mass is 197 g/mol. The van der Waals surface area contributed by atoms with Crippen LogP contribution in [0.25, 0.3) is 0 Å². The van der Waals surface area contributed by atoms with Gasteiger partial charge < -0.3 is 15.5 Å². The molecule has 0 radical (unpaired) electrons. The molecule has 1 rings (SSSR count). The fraction of sp³-hybridized carbons (Fsp3) is 0.556. The lowest BCUT2D eigenvalue weighted by Gasteiger charge is -2.01. The van der Waals surface area contributed by atoms with Crippen LogP contribution in [0.2, 0.25) is 0 Å². The lowest BCUT2D eigenvalue weighted by atomic mass is 10.3. The lowest BCUT2D eigenvalue weighted by molar-refractivity contribution is 0.149. The van der Waals surface area contributed by atoms with Gasteiger partial charge in [0, 0.05) is 31.3 Å². The molecule has 0 atom stereocenters. The van der Waals surface area contributed by atoms with E-state index in [0.29, 0.717) is 31.0 Å². The Morgan fingerprint density at radius 2 is 2.43 bits per heavy atom. The van der Waals surface area contributed by atoms with Gasteiger partial charge in [-0.15, -0.1) is 0 Å². The summed E-state index contributed by atoms with van der Waals surface area (Å²) in [6.45, 7) is 3.38. The van der Waals surface area contributed by atoms with Crippen molar-refractivity contribution in [2.24, 2.45) is 5.73 Å². The van der Waals surface area contributed by atoms with Crippen LogP contribution in [-0.4, -0.2) is 23.2 Å². The number of hydrogen-bond donors (Lipinski definition) is 2. The van der Waals surface area contributed by atoms with Gasteiger partial charge in [0.05, 0.1) is 6.61 Å². The number of aromatic nitrogens is 2. The zero-order valence-electron chi connectivity index (χ0n) is 8.25. The summed E-state index contributed by atoms with van der Waals surface area (Å²) >= 11 is 0. The fourth-order valence-electron chi connectivity index (χ4n) is 1.04. The molecule has 0 aliphatic heterocycles. The smallest absolute Gasteiger partial charge is 0.255 e. The van der Waals surface area contributed by atoms with Gasteiger partial charge in [-0.2, -0.15) is 0 Å². The second kappa shape index (κ2) is 5.51. The maximum absolute atomic E-state index is 11.3. The van der Waals surface area contributed by atoms with E-state index in [1.54, 1.807) is 0 Å². The molecule has 0 bridgehead atoms. The summed E-state index contributed by atoms with van der Waals surface area (Å²) < 4.78 is 5.15. The highest BCUT2D eigenvalue weighted by Gasteiger charge is 2.00. The van der Waals surface area contributed by atoms with Crippen LogP contribution in [-0.2, 0) is 17.7 Å². The summed E-state index contributed by atoms with van der Waals surface area (Å²) in [7, 11) is 0. The lowest BCUT2D eigenvalue weighted by Crippen LogP contribution is -2.19. The van der Waals surface area contributed by atoms with Crippen molar-refractivity contribution in [3.63, 3.8) is 0 Å². The second-order valence-electron chi connectivity index (χ2n) is 2.84. The first kappa shape index (κ1) is 10.9. The molecule has 1 aromatic rings. The zero-order valence-corrected chi connectivity index (χ0v) is 8.25. The van der Waals surface area contributed by atoms with Gasteiger partial charge in [0.1, 0.15) is 5.82 Å². The molecule has 0 spiro atoms. The van der Waals surface area contributed by atoms with Crippen LogP contribution in [0.3, 0.4) is 0 Å². The summed E-state index contributed by atoms with van der Waals surface area (Å²) in [6.07, 6.45) is 2.13. The first-order chi connectivity index (χ1) is 6.77. The number of ether oxygens (including phenoxy) is 1. The summed E-state index contributed by atoms with van der Waals surface area (Å²) in [5, 5.41) is 0. The molecule has 1 heterocycles. The number of H-pyrrole nitrogens is 1. The Balaban J connectivity index is 2.62. The molecule has 0 aliphatic carbocycles. The molecule has 0 amide bonds. The fourth-order valence-corrected chi connectivity index (χ4v) is 1.04. The molecule has 5 heteroatoms. The molecule has 0 saturated carbocycles. The predicted molar refractivity (Wildman–Crippen MR) is 52.9 cm³/mol. The average Bonchev–Trinajstić information content (AvgIpc) is 2.18. The SMILES string of the molecule is CCOCCc1ncc(CN)c(=O)[nH]1. The zero-order chi connectivity index (χ0) is 10.4. The van der Waals surface area contributed by atoms with Crippen molar-refractivity contribution in [1.29, 1.82) is 0 Å². The molecule has 0 unspecified atom stereocenters. The Morgan fingerprint density at radius 3 is 3.00 bits per heavy atom. The normalized spacial score (nSPS) is 10.4. The highest BCUT2D eigenvalue weighted by Crippen LogP contribution is 1.91. The van der Waals surface area contributed by atoms with Gasteiger partial charge >= 0.3 is 0 Å². The summed E-state index contributed by atoms with van der Waals surface area (Å²) in [6, 6.07) is 0. The minimum atomic E-state index is -0.158. The van der Waals surface area contributed by atoms with Crippen molar-refractivity contribution in [3.8, 4) is 0 Å². The van der Waals surface area contributed by atoms with Gasteiger partial charge in [-0.25, -0.2) is 4.98 Å². The molecular weight excluding hydrogens is 182 g/mol. The Bertz CT molecular complexity index is 335. The van der Waals surface area contributed by atoms with Crippen molar-refractivity contribution >= 4 is 0 Å². The summed E-state index contributed by atoms with van der Waals surface area (Å²) in [4.78, 5) is 18.0. The Hall–Kier alpha value is -1.20. The van der Waals surface area contributed by atoms with Crippen LogP contribution in [0.15, 0.2) is 11.0 Å². The number of aromatic amines is 1. The molecule has 0 fully saturated rings. The van der Waals surface area contributed by atoms with Crippen LogP contribution < -0.4 is 11.3 Å². The van der Waals surface area contributed by atoms with Crippen LogP contribution in [0, 0.1) is 0 Å². The number of rotatable bonds is 5. The highest BCUT2D eigenvalue weighted by molar-refractivity contribution is 5.05. The van der Waals surface area contributed by atoms with Crippen molar-refractivity contribution in [3.05, 3.63) is 27.9 Å². The van der Waals surface area contributed by atoms with Gasteiger partial charge in [0.25, 0.3) is 5.56 Å². The average molecular weight is 197 g/mol. The minimum Gasteiger partial charge on any atom is -0.381 e. The Morgan fingerprint density at radius 1 is 1.64 bits per heavy atom. The Kier molecular flexibility index (Phi) is 4.28. The van der Waals surface area contributed by atoms with Crippen LogP contribution in [0.1, 0.15) is 18.3 Å². The van der Waals surface area contributed by atoms with Gasteiger partial charge in [-0.1, -0.05) is 0 Å². The van der Waals surface area contributed by atoms with Gasteiger partial charge in [0.15, 0.2) is 0 Å². The number of hydrogen-bond acceptors (Lipinski definition) is 4. The number of nitrogens with zero attached hydrogens (tertiary/aromatic N) is 1. The second-order valence-corrected chi connectivity index (χ2v) is 2.84. The van der Waals surface area contributed by atoms with E-state index in [9.17, 15) is 4.79 Å². The minimum absolute atomic E-state index is 0.158. The van der Waals surface area contributed by atoms with Crippen molar-refractivity contribution in [1.82, 2.24) is 9.97 Å². The van der Waals surface area contributed by atoms with E-state index >= 15 is 0 Å². The third-order valence-electron chi connectivity index (χ3n) is 1.83. The van der Waals surface area contributed by atoms with Crippen molar-refractivity contribution in [2.45, 2.75) is 19.9 Å². The largest absolute Gasteiger partial charge is 0.381 e. The quantitative estimate of drug-likeness (QED) is 0.641. The first-order valence-electron chi connectivity index (χ1n) is 4.62. The van der Waals surface area contributed by atoms with Gasteiger partial charge in [-0.05, 0) is 6.92 Å². The predicted octanol–water partition coefficient (Wildman–Crippen LogP) is -0.192. The molecule has 14 heavy (non-hydrogen) atoms. The summed E-state index contributed by atoms with van der Waals surface area (Å²) in [5.41, 5.74) is 5.68. The van der Waals surface area contributed by atoms with E-state index < -0.39 is 0 Å². The molecule has 78 valence electrons. The van der Waals surface area contributed by atoms with Crippen LogP contribution >= 0.6 is 0 Å². The first-order valence-corrected chi connectivity index (χ1v) is 4.62. The maximum atomic E-state index is 11.3. The number of nitrogens with two attached hydrogens (primary N) is 1. The van der Waals surface area contributed by atoms with Crippen molar-refractivity contribution < 1.29 is 4.74 Å². The van der Waals surface area contributed by atoms with E-state index in [2.05, 4.69) is 9.97 Å². The molecular formula is C9H15N3O2. The van der Waals surface area contributed by atoms with E-state index in [-0.39, 0.29) is 12.1 Å². The maximum Gasteiger partial charge on any atom is 0.255 e. The number of nitrogens with one attached hydrogen (secondary N) is 1. The third-order valence-corrected chi connectivity index (χ3v) is 1.83. The molecule has 0 aromatic carbocycles. The van der Waals surface area contributed by atoms with Crippen LogP contribution in [0.5, 0.6) is 0 Å². The molecule has 5 nitrogen and oxygen atoms in total. The van der Waals surface area contributed by atoms with Crippen LogP contribution in [0.4, 0.5) is 0 Å². The topological polar surface area (TPSA) is 81.0 Å². The standard InChI is InChI=1S/C9H15N3O2/c1-2-14-4-3-8-11-6-7(5-10)9(13)12-8/h6H,2-5,10H2,1H3,(H,11,12,13). The van der Waals surface area contributed by atoms with E-state index in [1.807, 2.05) is 6.92 Å². The highest BCUT2D eigenvalue weighted by atomic mass is 16.5. The summed E-state index contributed by atoms with van der Waals surface area (Å²) in [5.74, 6) is 0.639. The Labute approximate surface area is 82.3 Å². The van der Waals surface area contributed by atoms with E-state index in [0.717, 1.165) is 0 Å². The van der Waals surface area contributed by atoms with Gasteiger partial charge in [-0.3, -0.25) is 4.79 Å². The van der Waals surface area contributed by atoms with E-state index in [4.69, 9.17) is 10.5 Å². The molecule has 1 aromatic heterocycles. The third kappa shape index (κ3) is 2.93. The molecule has 3 N–H and O–H groups in total. The van der Waals surface area contributed by atoms with Gasteiger partial charge in [0.2, 0.25) is 0 Å². The molecule has 0 aliphatic rings. The molecule has 0 saturated heterocycles. The van der Waals surface area contributed by atoms with E-state index in [1.165, 1.54) is 6.20 Å². The van der Waals surface area contributed by atoms with Crippen molar-refractivity contribution in [2.75, 3.05) is 13.2 Å².